The third kappa shape index (κ3) is 5.25. The van der Waals surface area contributed by atoms with Gasteiger partial charge in [0.25, 0.3) is 5.91 Å². The molecule has 0 bridgehead atoms. The monoisotopic (exact) mass is 414 g/mol. The standard InChI is InChI=1S/C26H26N2O3/c1-16-9-11-20(12-10-16)25(30)21-7-5-6-8-22(21)26(31)27-15-23(29)28-24-18(3)13-17(2)14-19(24)4/h5-14H,15H2,1-4H3,(H,27,31)(H,28,29). The minimum Gasteiger partial charge on any atom is -0.343 e. The van der Waals surface area contributed by atoms with Crippen molar-refractivity contribution < 1.29 is 14.4 Å². The first-order valence-electron chi connectivity index (χ1n) is 10.1. The molecule has 0 aromatic heterocycles. The maximum absolute atomic E-state index is 12.9. The summed E-state index contributed by atoms with van der Waals surface area (Å²) in [5, 5.41) is 5.48. The highest BCUT2D eigenvalue weighted by Gasteiger charge is 2.18. The van der Waals surface area contributed by atoms with Crippen LogP contribution in [0.4, 0.5) is 5.69 Å². The third-order valence-corrected chi connectivity index (χ3v) is 5.08. The fourth-order valence-corrected chi connectivity index (χ4v) is 3.56. The summed E-state index contributed by atoms with van der Waals surface area (Å²) in [6.45, 7) is 7.61. The van der Waals surface area contributed by atoms with Crippen LogP contribution in [0.5, 0.6) is 0 Å². The molecule has 0 saturated heterocycles. The Morgan fingerprint density at radius 1 is 0.742 bits per heavy atom. The smallest absolute Gasteiger partial charge is 0.252 e. The molecule has 0 aliphatic heterocycles. The van der Waals surface area contributed by atoms with Crippen molar-refractivity contribution in [2.24, 2.45) is 0 Å². The largest absolute Gasteiger partial charge is 0.343 e. The Kier molecular flexibility index (Phi) is 6.65. The third-order valence-electron chi connectivity index (χ3n) is 5.08. The van der Waals surface area contributed by atoms with E-state index in [9.17, 15) is 14.4 Å². The van der Waals surface area contributed by atoms with E-state index in [4.69, 9.17) is 0 Å². The normalized spacial score (nSPS) is 10.5. The number of amides is 2. The van der Waals surface area contributed by atoms with E-state index >= 15 is 0 Å². The molecule has 0 aliphatic carbocycles. The van der Waals surface area contributed by atoms with Gasteiger partial charge >= 0.3 is 0 Å². The number of ketones is 1. The van der Waals surface area contributed by atoms with Crippen molar-refractivity contribution >= 4 is 23.3 Å². The van der Waals surface area contributed by atoms with Gasteiger partial charge in [0.2, 0.25) is 5.91 Å². The molecular weight excluding hydrogens is 388 g/mol. The fourth-order valence-electron chi connectivity index (χ4n) is 3.56. The number of hydrogen-bond donors (Lipinski definition) is 2. The van der Waals surface area contributed by atoms with Crippen molar-refractivity contribution in [3.63, 3.8) is 0 Å². The second-order valence-corrected chi connectivity index (χ2v) is 7.75. The predicted octanol–water partition coefficient (Wildman–Crippen LogP) is 4.52. The highest BCUT2D eigenvalue weighted by atomic mass is 16.2. The minimum absolute atomic E-state index is 0.196. The van der Waals surface area contributed by atoms with Gasteiger partial charge in [-0.25, -0.2) is 0 Å². The summed E-state index contributed by atoms with van der Waals surface area (Å²) in [5.74, 6) is -1.03. The van der Waals surface area contributed by atoms with Gasteiger partial charge in [-0.3, -0.25) is 14.4 Å². The number of hydrogen-bond acceptors (Lipinski definition) is 3. The number of anilines is 1. The molecular formula is C26H26N2O3. The van der Waals surface area contributed by atoms with Crippen molar-refractivity contribution in [1.29, 1.82) is 0 Å². The molecule has 0 spiro atoms. The number of carbonyl (C=O) groups excluding carboxylic acids is 3. The van der Waals surface area contributed by atoms with Crippen molar-refractivity contribution in [3.05, 3.63) is 99.6 Å². The first-order valence-corrected chi connectivity index (χ1v) is 10.1. The van der Waals surface area contributed by atoms with Crippen LogP contribution in [-0.2, 0) is 4.79 Å². The van der Waals surface area contributed by atoms with Crippen LogP contribution in [0.3, 0.4) is 0 Å². The summed E-state index contributed by atoms with van der Waals surface area (Å²) >= 11 is 0. The first kappa shape index (κ1) is 22.0. The van der Waals surface area contributed by atoms with E-state index < -0.39 is 5.91 Å². The molecule has 3 rings (SSSR count). The number of benzene rings is 3. The molecule has 3 aromatic carbocycles. The number of rotatable bonds is 6. The average Bonchev–Trinajstić information content (AvgIpc) is 2.74. The summed E-state index contributed by atoms with van der Waals surface area (Å²) in [4.78, 5) is 38.1. The Labute approximate surface area is 182 Å². The number of nitrogens with one attached hydrogen (secondary N) is 2. The average molecular weight is 415 g/mol. The molecule has 0 heterocycles. The quantitative estimate of drug-likeness (QED) is 0.583. The molecule has 0 atom stereocenters. The van der Waals surface area contributed by atoms with Gasteiger partial charge in [0.1, 0.15) is 0 Å². The Hall–Kier alpha value is -3.73. The summed E-state index contributed by atoms with van der Waals surface area (Å²) in [6.07, 6.45) is 0. The Bertz CT molecular complexity index is 1120. The van der Waals surface area contributed by atoms with Gasteiger partial charge in [-0.15, -0.1) is 0 Å². The molecule has 3 aromatic rings. The SMILES string of the molecule is Cc1ccc(C(=O)c2ccccc2C(=O)NCC(=O)Nc2c(C)cc(C)cc2C)cc1. The van der Waals surface area contributed by atoms with E-state index in [2.05, 4.69) is 10.6 Å². The van der Waals surface area contributed by atoms with Crippen LogP contribution in [0.25, 0.3) is 0 Å². The van der Waals surface area contributed by atoms with Crippen LogP contribution in [0, 0.1) is 27.7 Å². The second kappa shape index (κ2) is 9.39. The lowest BCUT2D eigenvalue weighted by atomic mass is 9.97. The highest BCUT2D eigenvalue weighted by Crippen LogP contribution is 2.21. The van der Waals surface area contributed by atoms with E-state index in [1.165, 1.54) is 0 Å². The topological polar surface area (TPSA) is 75.3 Å². The lowest BCUT2D eigenvalue weighted by molar-refractivity contribution is -0.115. The molecule has 0 saturated carbocycles. The summed E-state index contributed by atoms with van der Waals surface area (Å²) in [5.41, 5.74) is 5.90. The fraction of sp³-hybridized carbons (Fsp3) is 0.192. The molecule has 0 radical (unpaired) electrons. The Morgan fingerprint density at radius 3 is 1.94 bits per heavy atom. The molecule has 0 fully saturated rings. The van der Waals surface area contributed by atoms with Gasteiger partial charge in [0.15, 0.2) is 5.78 Å². The van der Waals surface area contributed by atoms with Crippen molar-refractivity contribution in [2.75, 3.05) is 11.9 Å². The maximum Gasteiger partial charge on any atom is 0.252 e. The van der Waals surface area contributed by atoms with E-state index in [-0.39, 0.29) is 23.8 Å². The van der Waals surface area contributed by atoms with Gasteiger partial charge in [-0.05, 0) is 44.9 Å². The molecule has 158 valence electrons. The van der Waals surface area contributed by atoms with Crippen molar-refractivity contribution in [3.8, 4) is 0 Å². The van der Waals surface area contributed by atoms with E-state index in [1.54, 1.807) is 36.4 Å². The van der Waals surface area contributed by atoms with Crippen LogP contribution in [0.15, 0.2) is 60.7 Å². The van der Waals surface area contributed by atoms with Gasteiger partial charge in [0, 0.05) is 16.8 Å². The molecule has 5 nitrogen and oxygen atoms in total. The summed E-state index contributed by atoms with van der Waals surface area (Å²) in [6, 6.07) is 17.8. The molecule has 5 heteroatoms. The van der Waals surface area contributed by atoms with E-state index in [1.807, 2.05) is 52.0 Å². The van der Waals surface area contributed by atoms with Gasteiger partial charge in [-0.2, -0.15) is 0 Å². The first-order chi connectivity index (χ1) is 14.8. The lowest BCUT2D eigenvalue weighted by Crippen LogP contribution is -2.34. The number of carbonyl (C=O) groups is 3. The van der Waals surface area contributed by atoms with Crippen LogP contribution in [0.1, 0.15) is 48.5 Å². The highest BCUT2D eigenvalue weighted by molar-refractivity contribution is 6.15. The number of aryl methyl sites for hydroxylation is 4. The molecule has 2 amide bonds. The zero-order valence-electron chi connectivity index (χ0n) is 18.2. The van der Waals surface area contributed by atoms with Gasteiger partial charge in [-0.1, -0.05) is 65.7 Å². The van der Waals surface area contributed by atoms with Gasteiger partial charge < -0.3 is 10.6 Å². The lowest BCUT2D eigenvalue weighted by Gasteiger charge is -2.14. The van der Waals surface area contributed by atoms with Crippen molar-refractivity contribution in [2.45, 2.75) is 27.7 Å². The maximum atomic E-state index is 12.9. The Balaban J connectivity index is 1.71. The predicted molar refractivity (Wildman–Crippen MR) is 123 cm³/mol. The summed E-state index contributed by atoms with van der Waals surface area (Å²) < 4.78 is 0. The zero-order chi connectivity index (χ0) is 22.5. The zero-order valence-corrected chi connectivity index (χ0v) is 18.2. The van der Waals surface area contributed by atoms with Crippen LogP contribution in [-0.4, -0.2) is 24.1 Å². The molecule has 0 unspecified atom stereocenters. The van der Waals surface area contributed by atoms with Gasteiger partial charge in [0.05, 0.1) is 12.1 Å². The van der Waals surface area contributed by atoms with E-state index in [0.29, 0.717) is 11.1 Å². The summed E-state index contributed by atoms with van der Waals surface area (Å²) in [7, 11) is 0. The molecule has 0 aliphatic rings. The molecule has 31 heavy (non-hydrogen) atoms. The van der Waals surface area contributed by atoms with Crippen LogP contribution >= 0.6 is 0 Å². The molecule has 2 N–H and O–H groups in total. The van der Waals surface area contributed by atoms with Crippen LogP contribution in [0.2, 0.25) is 0 Å². The van der Waals surface area contributed by atoms with Crippen molar-refractivity contribution in [1.82, 2.24) is 5.32 Å². The van der Waals surface area contributed by atoms with Crippen LogP contribution < -0.4 is 10.6 Å². The second-order valence-electron chi connectivity index (χ2n) is 7.75. The Morgan fingerprint density at radius 2 is 1.32 bits per heavy atom. The minimum atomic E-state index is -0.469. The van der Waals surface area contributed by atoms with E-state index in [0.717, 1.165) is 27.9 Å².